The smallest absolute Gasteiger partial charge is 0.329 e. The second kappa shape index (κ2) is 6.35. The molecule has 0 atom stereocenters. The first-order valence-corrected chi connectivity index (χ1v) is 7.43. The molecule has 0 unspecified atom stereocenters. The highest BCUT2D eigenvalue weighted by atomic mass is 35.5. The number of primary amides is 1. The van der Waals surface area contributed by atoms with E-state index in [1.165, 1.54) is 6.07 Å². The first kappa shape index (κ1) is 15.6. The maximum absolute atomic E-state index is 11.7. The maximum Gasteiger partial charge on any atom is 0.329 e. The zero-order valence-electron chi connectivity index (χ0n) is 11.7. The molecule has 0 radical (unpaired) electrons. The number of hydrogen-bond donors (Lipinski definition) is 3. The number of anilines is 1. The van der Waals surface area contributed by atoms with Crippen molar-refractivity contribution in [2.45, 2.75) is 44.1 Å². The Labute approximate surface area is 128 Å². The standard InChI is InChI=1S/C15H19ClN2O3/c16-11-9-10(13(17)19)5-6-12(11)18-15(14(20)21)7-3-1-2-4-8-15/h5-6,9,18H,1-4,7-8H2,(H2,17,19)(H,20,21). The molecule has 5 nitrogen and oxygen atoms in total. The minimum absolute atomic E-state index is 0.302. The molecule has 4 N–H and O–H groups in total. The highest BCUT2D eigenvalue weighted by molar-refractivity contribution is 6.33. The zero-order valence-corrected chi connectivity index (χ0v) is 12.4. The number of carboxylic acid groups (broad SMARTS) is 1. The predicted octanol–water partition coefficient (Wildman–Crippen LogP) is 3.03. The lowest BCUT2D eigenvalue weighted by Crippen LogP contribution is -2.46. The van der Waals surface area contributed by atoms with Crippen LogP contribution in [0.1, 0.15) is 48.9 Å². The van der Waals surface area contributed by atoms with Crippen LogP contribution in [0.25, 0.3) is 0 Å². The number of carboxylic acids is 1. The Kier molecular flexibility index (Phi) is 4.73. The van der Waals surface area contributed by atoms with Crippen molar-refractivity contribution < 1.29 is 14.7 Å². The molecule has 0 aromatic heterocycles. The Balaban J connectivity index is 2.28. The zero-order chi connectivity index (χ0) is 15.5. The van der Waals surface area contributed by atoms with Gasteiger partial charge in [-0.25, -0.2) is 4.79 Å². The van der Waals surface area contributed by atoms with Gasteiger partial charge in [-0.1, -0.05) is 37.3 Å². The third-order valence-corrected chi connectivity index (χ3v) is 4.31. The SMILES string of the molecule is NC(=O)c1ccc(NC2(C(=O)O)CCCCCC2)c(Cl)c1. The van der Waals surface area contributed by atoms with E-state index in [0.717, 1.165) is 25.7 Å². The molecule has 0 spiro atoms. The van der Waals surface area contributed by atoms with E-state index in [9.17, 15) is 14.7 Å². The highest BCUT2D eigenvalue weighted by Crippen LogP contribution is 2.34. The van der Waals surface area contributed by atoms with Crippen molar-refractivity contribution in [1.29, 1.82) is 0 Å². The molecule has 2 rings (SSSR count). The number of carbonyl (C=O) groups is 2. The Morgan fingerprint density at radius 1 is 1.19 bits per heavy atom. The topological polar surface area (TPSA) is 92.4 Å². The Bertz CT molecular complexity index is 552. The molecule has 1 amide bonds. The van der Waals surface area contributed by atoms with Crippen molar-refractivity contribution in [1.82, 2.24) is 0 Å². The summed E-state index contributed by atoms with van der Waals surface area (Å²) in [5.41, 5.74) is 5.03. The number of halogens is 1. The number of amides is 1. The van der Waals surface area contributed by atoms with Crippen molar-refractivity contribution in [3.8, 4) is 0 Å². The van der Waals surface area contributed by atoms with Crippen molar-refractivity contribution in [3.63, 3.8) is 0 Å². The van der Waals surface area contributed by atoms with Crippen LogP contribution in [0.5, 0.6) is 0 Å². The maximum atomic E-state index is 11.7. The molecule has 1 aromatic carbocycles. The van der Waals surface area contributed by atoms with E-state index in [4.69, 9.17) is 17.3 Å². The minimum Gasteiger partial charge on any atom is -0.480 e. The van der Waals surface area contributed by atoms with Gasteiger partial charge in [0.25, 0.3) is 0 Å². The lowest BCUT2D eigenvalue weighted by atomic mass is 9.90. The number of nitrogens with two attached hydrogens (primary N) is 1. The van der Waals surface area contributed by atoms with Gasteiger partial charge in [-0.2, -0.15) is 0 Å². The Morgan fingerprint density at radius 3 is 2.29 bits per heavy atom. The van der Waals surface area contributed by atoms with Crippen LogP contribution in [0.3, 0.4) is 0 Å². The molecule has 0 saturated heterocycles. The molecule has 21 heavy (non-hydrogen) atoms. The predicted molar refractivity (Wildman–Crippen MR) is 81.7 cm³/mol. The summed E-state index contributed by atoms with van der Waals surface area (Å²) in [5.74, 6) is -1.43. The molecule has 0 heterocycles. The molecule has 1 aliphatic carbocycles. The van der Waals surface area contributed by atoms with E-state index in [-0.39, 0.29) is 0 Å². The number of aliphatic carboxylic acids is 1. The van der Waals surface area contributed by atoms with Crippen LogP contribution in [0.4, 0.5) is 5.69 Å². The number of nitrogens with one attached hydrogen (secondary N) is 1. The molecule has 1 aromatic rings. The van der Waals surface area contributed by atoms with Crippen LogP contribution in [0.15, 0.2) is 18.2 Å². The molecule has 1 saturated carbocycles. The van der Waals surface area contributed by atoms with E-state index in [0.29, 0.717) is 29.1 Å². The summed E-state index contributed by atoms with van der Waals surface area (Å²) in [6.45, 7) is 0. The molecule has 1 fully saturated rings. The van der Waals surface area contributed by atoms with E-state index >= 15 is 0 Å². The lowest BCUT2D eigenvalue weighted by molar-refractivity contribution is -0.142. The number of benzene rings is 1. The number of carbonyl (C=O) groups excluding carboxylic acids is 1. The van der Waals surface area contributed by atoms with Gasteiger partial charge >= 0.3 is 5.97 Å². The van der Waals surface area contributed by atoms with Crippen LogP contribution in [0, 0.1) is 0 Å². The van der Waals surface area contributed by atoms with E-state index in [1.807, 2.05) is 0 Å². The van der Waals surface area contributed by atoms with Crippen molar-refractivity contribution in [2.75, 3.05) is 5.32 Å². The van der Waals surface area contributed by atoms with Crippen molar-refractivity contribution in [3.05, 3.63) is 28.8 Å². The van der Waals surface area contributed by atoms with Crippen LogP contribution in [0.2, 0.25) is 5.02 Å². The lowest BCUT2D eigenvalue weighted by Gasteiger charge is -2.31. The Hall–Kier alpha value is -1.75. The largest absolute Gasteiger partial charge is 0.480 e. The normalized spacial score (nSPS) is 17.8. The van der Waals surface area contributed by atoms with Gasteiger partial charge in [0.2, 0.25) is 5.91 Å². The van der Waals surface area contributed by atoms with Crippen LogP contribution >= 0.6 is 11.6 Å². The summed E-state index contributed by atoms with van der Waals surface area (Å²) in [6, 6.07) is 4.61. The molecule has 6 heteroatoms. The van der Waals surface area contributed by atoms with Gasteiger partial charge in [-0.05, 0) is 31.0 Å². The van der Waals surface area contributed by atoms with E-state index in [1.54, 1.807) is 12.1 Å². The van der Waals surface area contributed by atoms with Gasteiger partial charge in [0.1, 0.15) is 5.54 Å². The summed E-state index contributed by atoms with van der Waals surface area (Å²) in [6.07, 6.45) is 4.97. The van der Waals surface area contributed by atoms with Gasteiger partial charge in [-0.15, -0.1) is 0 Å². The van der Waals surface area contributed by atoms with Gasteiger partial charge in [0.05, 0.1) is 10.7 Å². The summed E-state index contributed by atoms with van der Waals surface area (Å²) < 4.78 is 0. The molecule has 0 aliphatic heterocycles. The third-order valence-electron chi connectivity index (χ3n) is 3.99. The third kappa shape index (κ3) is 3.47. The molecular formula is C15H19ClN2O3. The summed E-state index contributed by atoms with van der Waals surface area (Å²) in [4.78, 5) is 22.9. The molecule has 1 aliphatic rings. The monoisotopic (exact) mass is 310 g/mol. The van der Waals surface area contributed by atoms with Crippen LogP contribution in [-0.4, -0.2) is 22.5 Å². The fourth-order valence-corrected chi connectivity index (χ4v) is 2.98. The first-order chi connectivity index (χ1) is 9.94. The quantitative estimate of drug-likeness (QED) is 0.745. The summed E-state index contributed by atoms with van der Waals surface area (Å²) in [5, 5.41) is 13.0. The van der Waals surface area contributed by atoms with E-state index in [2.05, 4.69) is 5.32 Å². The van der Waals surface area contributed by atoms with Crippen LogP contribution in [-0.2, 0) is 4.79 Å². The van der Waals surface area contributed by atoms with Crippen molar-refractivity contribution in [2.24, 2.45) is 5.73 Å². The summed E-state index contributed by atoms with van der Waals surface area (Å²) >= 11 is 6.14. The fraction of sp³-hybridized carbons (Fsp3) is 0.467. The van der Waals surface area contributed by atoms with Gasteiger partial charge in [0, 0.05) is 5.56 Å². The second-order valence-electron chi connectivity index (χ2n) is 5.49. The number of rotatable bonds is 4. The van der Waals surface area contributed by atoms with Gasteiger partial charge < -0.3 is 16.2 Å². The van der Waals surface area contributed by atoms with E-state index < -0.39 is 17.4 Å². The molecular weight excluding hydrogens is 292 g/mol. The van der Waals surface area contributed by atoms with Crippen LogP contribution < -0.4 is 11.1 Å². The second-order valence-corrected chi connectivity index (χ2v) is 5.89. The average Bonchev–Trinajstić information content (AvgIpc) is 2.67. The van der Waals surface area contributed by atoms with Gasteiger partial charge in [-0.3, -0.25) is 4.79 Å². The Morgan fingerprint density at radius 2 is 1.81 bits per heavy atom. The minimum atomic E-state index is -0.992. The first-order valence-electron chi connectivity index (χ1n) is 7.05. The summed E-state index contributed by atoms with van der Waals surface area (Å²) in [7, 11) is 0. The molecule has 0 bridgehead atoms. The highest BCUT2D eigenvalue weighted by Gasteiger charge is 2.38. The van der Waals surface area contributed by atoms with Gasteiger partial charge in [0.15, 0.2) is 0 Å². The fourth-order valence-electron chi connectivity index (χ4n) is 2.75. The number of hydrogen-bond acceptors (Lipinski definition) is 3. The average molecular weight is 311 g/mol. The van der Waals surface area contributed by atoms with Crippen molar-refractivity contribution >= 4 is 29.2 Å². The molecule has 114 valence electrons.